The Balaban J connectivity index is 2.54. The summed E-state index contributed by atoms with van der Waals surface area (Å²) in [4.78, 5) is 18.7. The summed E-state index contributed by atoms with van der Waals surface area (Å²) in [5, 5.41) is 9.95. The van der Waals surface area contributed by atoms with E-state index in [1.807, 2.05) is 26.0 Å². The molecule has 0 aliphatic heterocycles. The Kier molecular flexibility index (Phi) is 3.66. The maximum Gasteiger partial charge on any atom is 0.262 e. The summed E-state index contributed by atoms with van der Waals surface area (Å²) in [6.45, 7) is 3.84. The molecule has 1 heterocycles. The third kappa shape index (κ3) is 2.66. The molecule has 0 spiro atoms. The van der Waals surface area contributed by atoms with Crippen LogP contribution in [0.2, 0.25) is 0 Å². The lowest BCUT2D eigenvalue weighted by atomic mass is 10.1. The van der Waals surface area contributed by atoms with Crippen molar-refractivity contribution in [2.75, 3.05) is 0 Å². The van der Waals surface area contributed by atoms with E-state index in [1.165, 1.54) is 0 Å². The molecule has 0 aliphatic rings. The molecule has 2 aromatic rings. The zero-order valence-electron chi connectivity index (χ0n) is 11.0. The smallest absolute Gasteiger partial charge is 0.262 e. The number of nitrogens with zero attached hydrogens (tertiary/aromatic N) is 1. The Labute approximate surface area is 111 Å². The van der Waals surface area contributed by atoms with E-state index < -0.39 is 0 Å². The van der Waals surface area contributed by atoms with Crippen LogP contribution in [0.25, 0.3) is 11.1 Å². The Hall–Kier alpha value is -2.14. The van der Waals surface area contributed by atoms with E-state index in [-0.39, 0.29) is 23.0 Å². The van der Waals surface area contributed by atoms with E-state index in [0.29, 0.717) is 17.8 Å². The van der Waals surface area contributed by atoms with E-state index in [2.05, 4.69) is 9.97 Å². The topological polar surface area (TPSA) is 92.0 Å². The van der Waals surface area contributed by atoms with Crippen LogP contribution in [-0.2, 0) is 0 Å². The van der Waals surface area contributed by atoms with Gasteiger partial charge in [-0.25, -0.2) is 0 Å². The van der Waals surface area contributed by atoms with Crippen molar-refractivity contribution in [3.8, 4) is 17.0 Å². The minimum atomic E-state index is -0.384. The van der Waals surface area contributed by atoms with Crippen LogP contribution in [0.1, 0.15) is 30.8 Å². The summed E-state index contributed by atoms with van der Waals surface area (Å²) < 4.78 is 0. The highest BCUT2D eigenvalue weighted by molar-refractivity contribution is 5.67. The van der Waals surface area contributed by atoms with Crippen LogP contribution < -0.4 is 11.3 Å². The van der Waals surface area contributed by atoms with Gasteiger partial charge in [-0.05, 0) is 18.9 Å². The van der Waals surface area contributed by atoms with Crippen molar-refractivity contribution in [1.82, 2.24) is 9.97 Å². The number of nitrogens with one attached hydrogen (secondary N) is 1. The Morgan fingerprint density at radius 3 is 2.53 bits per heavy atom. The van der Waals surface area contributed by atoms with Gasteiger partial charge in [0, 0.05) is 0 Å². The molecule has 4 N–H and O–H groups in total. The fourth-order valence-corrected chi connectivity index (χ4v) is 1.83. The molecule has 0 saturated carbocycles. The second kappa shape index (κ2) is 5.24. The van der Waals surface area contributed by atoms with Gasteiger partial charge in [-0.1, -0.05) is 36.8 Å². The molecular formula is C14H17N3O2. The van der Waals surface area contributed by atoms with Crippen LogP contribution in [-0.4, -0.2) is 15.1 Å². The Bertz CT molecular complexity index is 632. The highest BCUT2D eigenvalue weighted by Crippen LogP contribution is 2.24. The van der Waals surface area contributed by atoms with Gasteiger partial charge in [0.15, 0.2) is 0 Å². The molecule has 100 valence electrons. The lowest BCUT2D eigenvalue weighted by Gasteiger charge is -2.10. The van der Waals surface area contributed by atoms with Crippen molar-refractivity contribution in [2.45, 2.75) is 26.3 Å². The van der Waals surface area contributed by atoms with Crippen molar-refractivity contribution in [3.05, 3.63) is 46.0 Å². The number of hydrogen-bond donors (Lipinski definition) is 3. The molecule has 0 aliphatic carbocycles. The summed E-state index contributed by atoms with van der Waals surface area (Å²) in [5.74, 6) is 0.0207. The van der Waals surface area contributed by atoms with E-state index in [4.69, 9.17) is 5.73 Å². The quantitative estimate of drug-likeness (QED) is 0.784. The largest absolute Gasteiger partial charge is 0.493 e. The molecule has 0 saturated heterocycles. The first kappa shape index (κ1) is 13.3. The van der Waals surface area contributed by atoms with E-state index in [1.54, 1.807) is 12.1 Å². The number of H-pyrrole nitrogens is 1. The minimum Gasteiger partial charge on any atom is -0.493 e. The van der Waals surface area contributed by atoms with Crippen molar-refractivity contribution in [3.63, 3.8) is 0 Å². The summed E-state index contributed by atoms with van der Waals surface area (Å²) in [5.41, 5.74) is 7.30. The van der Waals surface area contributed by atoms with Crippen molar-refractivity contribution < 1.29 is 5.11 Å². The number of aromatic nitrogens is 2. The molecule has 0 amide bonds. The van der Waals surface area contributed by atoms with Crippen LogP contribution in [0.3, 0.4) is 0 Å². The van der Waals surface area contributed by atoms with E-state index >= 15 is 0 Å². The van der Waals surface area contributed by atoms with Gasteiger partial charge in [-0.3, -0.25) is 4.79 Å². The van der Waals surface area contributed by atoms with Crippen LogP contribution in [0.15, 0.2) is 29.1 Å². The number of aryl methyl sites for hydroxylation is 1. The first-order valence-corrected chi connectivity index (χ1v) is 6.18. The number of aromatic hydroxyl groups is 1. The lowest BCUT2D eigenvalue weighted by molar-refractivity contribution is 0.446. The normalized spacial score (nSPS) is 12.4. The van der Waals surface area contributed by atoms with Crippen LogP contribution in [0.4, 0.5) is 0 Å². The van der Waals surface area contributed by atoms with Gasteiger partial charge < -0.3 is 15.8 Å². The third-order valence-electron chi connectivity index (χ3n) is 3.05. The number of aromatic amines is 1. The molecule has 1 aromatic carbocycles. The predicted octanol–water partition coefficient (Wildman–Crippen LogP) is 1.86. The number of rotatable bonds is 3. The van der Waals surface area contributed by atoms with Gasteiger partial charge in [-0.15, -0.1) is 0 Å². The standard InChI is InChI=1S/C14H17N3O2/c1-3-10(15)12-16-13(18)11(14(19)17-12)9-6-4-8(2)5-7-9/h4-7,10H,3,15H2,1-2H3,(H2,16,17,18,19). The molecule has 1 atom stereocenters. The number of benzene rings is 1. The zero-order valence-corrected chi connectivity index (χ0v) is 11.0. The van der Waals surface area contributed by atoms with Crippen LogP contribution >= 0.6 is 0 Å². The summed E-state index contributed by atoms with van der Waals surface area (Å²) in [6, 6.07) is 6.92. The average Bonchev–Trinajstić information content (AvgIpc) is 2.39. The Morgan fingerprint density at radius 2 is 2.00 bits per heavy atom. The van der Waals surface area contributed by atoms with Crippen molar-refractivity contribution in [1.29, 1.82) is 0 Å². The van der Waals surface area contributed by atoms with Gasteiger partial charge >= 0.3 is 0 Å². The van der Waals surface area contributed by atoms with Crippen LogP contribution in [0.5, 0.6) is 5.88 Å². The molecule has 0 fully saturated rings. The molecule has 5 heteroatoms. The molecule has 5 nitrogen and oxygen atoms in total. The highest BCUT2D eigenvalue weighted by atomic mass is 16.3. The summed E-state index contributed by atoms with van der Waals surface area (Å²) in [6.07, 6.45) is 0.631. The molecule has 0 radical (unpaired) electrons. The molecule has 19 heavy (non-hydrogen) atoms. The average molecular weight is 259 g/mol. The van der Waals surface area contributed by atoms with E-state index in [9.17, 15) is 9.90 Å². The monoisotopic (exact) mass is 259 g/mol. The first-order chi connectivity index (χ1) is 9.02. The van der Waals surface area contributed by atoms with Gasteiger partial charge in [0.25, 0.3) is 5.56 Å². The van der Waals surface area contributed by atoms with Crippen molar-refractivity contribution >= 4 is 0 Å². The van der Waals surface area contributed by atoms with Crippen LogP contribution in [0, 0.1) is 6.92 Å². The Morgan fingerprint density at radius 1 is 1.37 bits per heavy atom. The molecule has 1 unspecified atom stereocenters. The highest BCUT2D eigenvalue weighted by Gasteiger charge is 2.15. The first-order valence-electron chi connectivity index (χ1n) is 6.18. The summed E-state index contributed by atoms with van der Waals surface area (Å²) >= 11 is 0. The molecule has 1 aromatic heterocycles. The molecular weight excluding hydrogens is 242 g/mol. The van der Waals surface area contributed by atoms with Gasteiger partial charge in [0.2, 0.25) is 5.88 Å². The maximum absolute atomic E-state index is 12.1. The zero-order chi connectivity index (χ0) is 14.0. The second-order valence-electron chi connectivity index (χ2n) is 4.53. The fourth-order valence-electron chi connectivity index (χ4n) is 1.83. The SMILES string of the molecule is CCC(N)c1nc(O)c(-c2ccc(C)cc2)c(=O)[nH]1. The molecule has 0 bridgehead atoms. The number of hydrogen-bond acceptors (Lipinski definition) is 4. The lowest BCUT2D eigenvalue weighted by Crippen LogP contribution is -2.20. The minimum absolute atomic E-state index is 0.173. The number of nitrogens with two attached hydrogens (primary N) is 1. The van der Waals surface area contributed by atoms with E-state index in [0.717, 1.165) is 5.56 Å². The third-order valence-corrected chi connectivity index (χ3v) is 3.05. The van der Waals surface area contributed by atoms with Gasteiger partial charge in [0.05, 0.1) is 6.04 Å². The van der Waals surface area contributed by atoms with Gasteiger partial charge in [-0.2, -0.15) is 4.98 Å². The van der Waals surface area contributed by atoms with Crippen molar-refractivity contribution in [2.24, 2.45) is 5.73 Å². The summed E-state index contributed by atoms with van der Waals surface area (Å²) in [7, 11) is 0. The maximum atomic E-state index is 12.1. The second-order valence-corrected chi connectivity index (χ2v) is 4.53. The molecule has 2 rings (SSSR count). The predicted molar refractivity (Wildman–Crippen MR) is 73.9 cm³/mol. The fraction of sp³-hybridized carbons (Fsp3) is 0.286. The van der Waals surface area contributed by atoms with Gasteiger partial charge in [0.1, 0.15) is 11.4 Å².